The van der Waals surface area contributed by atoms with Crippen molar-refractivity contribution in [3.63, 3.8) is 0 Å². The van der Waals surface area contributed by atoms with Crippen LogP contribution in [-0.2, 0) is 23.7 Å². The van der Waals surface area contributed by atoms with E-state index in [2.05, 4.69) is 6.92 Å². The molecule has 2 rings (SSSR count). The quantitative estimate of drug-likeness (QED) is 0.381. The molecule has 3 unspecified atom stereocenters. The van der Waals surface area contributed by atoms with E-state index in [1.165, 1.54) is 13.3 Å². The molecule has 5 nitrogen and oxygen atoms in total. The summed E-state index contributed by atoms with van der Waals surface area (Å²) >= 11 is 0. The lowest BCUT2D eigenvalue weighted by molar-refractivity contribution is -0.142. The summed E-state index contributed by atoms with van der Waals surface area (Å²) in [6, 6.07) is 0. The topological polar surface area (TPSA) is 57.3 Å². The molecular weight excluding hydrogens is 248 g/mol. The summed E-state index contributed by atoms with van der Waals surface area (Å²) in [4.78, 5) is 10.5. The summed E-state index contributed by atoms with van der Waals surface area (Å²) in [5.74, 6) is 0.355. The summed E-state index contributed by atoms with van der Waals surface area (Å²) in [6.07, 6.45) is 3.95. The highest BCUT2D eigenvalue weighted by atomic mass is 16.6. The van der Waals surface area contributed by atoms with Gasteiger partial charge < -0.3 is 18.9 Å². The second-order valence-corrected chi connectivity index (χ2v) is 5.59. The maximum Gasteiger partial charge on any atom is 0.302 e. The van der Waals surface area contributed by atoms with Gasteiger partial charge in [0.1, 0.15) is 6.61 Å². The van der Waals surface area contributed by atoms with E-state index in [0.29, 0.717) is 38.4 Å². The largest absolute Gasteiger partial charge is 0.463 e. The van der Waals surface area contributed by atoms with Crippen molar-refractivity contribution in [2.75, 3.05) is 33.0 Å². The highest BCUT2D eigenvalue weighted by Gasteiger charge is 2.55. The molecule has 0 radical (unpaired) electrons. The molecule has 1 saturated heterocycles. The Balaban J connectivity index is 1.39. The van der Waals surface area contributed by atoms with Gasteiger partial charge in [0.05, 0.1) is 31.5 Å². The summed E-state index contributed by atoms with van der Waals surface area (Å²) in [6.45, 7) is 6.28. The zero-order valence-corrected chi connectivity index (χ0v) is 11.9. The van der Waals surface area contributed by atoms with Crippen LogP contribution in [0.2, 0.25) is 0 Å². The van der Waals surface area contributed by atoms with E-state index in [1.807, 2.05) is 0 Å². The van der Waals surface area contributed by atoms with Crippen molar-refractivity contribution in [3.05, 3.63) is 0 Å². The molecule has 19 heavy (non-hydrogen) atoms. The van der Waals surface area contributed by atoms with Crippen LogP contribution in [0.1, 0.15) is 33.1 Å². The monoisotopic (exact) mass is 272 g/mol. The Labute approximate surface area is 114 Å². The number of carbonyl (C=O) groups is 1. The third-order valence-corrected chi connectivity index (χ3v) is 3.89. The lowest BCUT2D eigenvalue weighted by Gasteiger charge is -2.22. The van der Waals surface area contributed by atoms with Crippen molar-refractivity contribution >= 4 is 5.97 Å². The van der Waals surface area contributed by atoms with Gasteiger partial charge in [-0.1, -0.05) is 0 Å². The maximum absolute atomic E-state index is 10.5. The zero-order chi connectivity index (χ0) is 13.7. The van der Waals surface area contributed by atoms with E-state index >= 15 is 0 Å². The maximum atomic E-state index is 10.5. The number of esters is 1. The Kier molecular flexibility index (Phi) is 5.19. The van der Waals surface area contributed by atoms with Crippen molar-refractivity contribution in [3.8, 4) is 0 Å². The van der Waals surface area contributed by atoms with Crippen molar-refractivity contribution < 1.29 is 23.7 Å². The van der Waals surface area contributed by atoms with Crippen molar-refractivity contribution in [2.45, 2.75) is 44.8 Å². The van der Waals surface area contributed by atoms with Gasteiger partial charge in [0.25, 0.3) is 0 Å². The van der Waals surface area contributed by atoms with Crippen LogP contribution in [0.3, 0.4) is 0 Å². The first kappa shape index (κ1) is 14.8. The molecule has 0 bridgehead atoms. The minimum Gasteiger partial charge on any atom is -0.463 e. The lowest BCUT2D eigenvalue weighted by atomic mass is 9.83. The average Bonchev–Trinajstić information content (AvgIpc) is 3.03. The Morgan fingerprint density at radius 1 is 1.26 bits per heavy atom. The average molecular weight is 272 g/mol. The first-order valence-electron chi connectivity index (χ1n) is 7.07. The summed E-state index contributed by atoms with van der Waals surface area (Å²) in [5.41, 5.74) is 0.191. The molecule has 0 amide bonds. The number of epoxide rings is 1. The Hall–Kier alpha value is -0.650. The Morgan fingerprint density at radius 2 is 2.00 bits per heavy atom. The predicted octanol–water partition coefficient (Wildman–Crippen LogP) is 1.54. The van der Waals surface area contributed by atoms with Crippen LogP contribution in [0.25, 0.3) is 0 Å². The number of carbonyl (C=O) groups excluding carboxylic acids is 1. The summed E-state index contributed by atoms with van der Waals surface area (Å²) in [7, 11) is 0. The molecule has 0 N–H and O–H groups in total. The van der Waals surface area contributed by atoms with Crippen LogP contribution in [0.4, 0.5) is 0 Å². The molecule has 2 fully saturated rings. The standard InChI is InChI=1S/C14H24O5/c1-11(15)18-8-7-16-5-6-17-10-12-3-4-14(2)13(9-12)19-14/h12-13H,3-10H2,1-2H3. The first-order valence-corrected chi connectivity index (χ1v) is 7.07. The molecule has 3 atom stereocenters. The highest BCUT2D eigenvalue weighted by Crippen LogP contribution is 2.49. The number of rotatable bonds is 8. The van der Waals surface area contributed by atoms with E-state index < -0.39 is 0 Å². The summed E-state index contributed by atoms with van der Waals surface area (Å²) in [5, 5.41) is 0. The third-order valence-electron chi connectivity index (χ3n) is 3.89. The van der Waals surface area contributed by atoms with Crippen LogP contribution in [0.5, 0.6) is 0 Å². The van der Waals surface area contributed by atoms with Gasteiger partial charge in [-0.05, 0) is 32.1 Å². The molecule has 0 aromatic carbocycles. The van der Waals surface area contributed by atoms with E-state index in [-0.39, 0.29) is 11.6 Å². The minimum atomic E-state index is -0.272. The van der Waals surface area contributed by atoms with E-state index in [1.54, 1.807) is 0 Å². The van der Waals surface area contributed by atoms with E-state index in [9.17, 15) is 4.79 Å². The minimum absolute atomic E-state index is 0.191. The van der Waals surface area contributed by atoms with Crippen LogP contribution in [-0.4, -0.2) is 50.7 Å². The van der Waals surface area contributed by atoms with Gasteiger partial charge in [-0.2, -0.15) is 0 Å². The molecule has 1 aliphatic carbocycles. The smallest absolute Gasteiger partial charge is 0.302 e. The van der Waals surface area contributed by atoms with Crippen LogP contribution >= 0.6 is 0 Å². The van der Waals surface area contributed by atoms with Gasteiger partial charge in [0.15, 0.2) is 0 Å². The molecule has 110 valence electrons. The fourth-order valence-corrected chi connectivity index (χ4v) is 2.59. The second-order valence-electron chi connectivity index (χ2n) is 5.59. The predicted molar refractivity (Wildman–Crippen MR) is 68.9 cm³/mol. The third kappa shape index (κ3) is 4.75. The van der Waals surface area contributed by atoms with Crippen LogP contribution in [0.15, 0.2) is 0 Å². The molecule has 1 heterocycles. The molecule has 1 aliphatic heterocycles. The molecule has 5 heteroatoms. The van der Waals surface area contributed by atoms with Gasteiger partial charge >= 0.3 is 5.97 Å². The Bertz CT molecular complexity index is 306. The van der Waals surface area contributed by atoms with Crippen molar-refractivity contribution in [2.24, 2.45) is 5.92 Å². The number of ether oxygens (including phenoxy) is 4. The van der Waals surface area contributed by atoms with Gasteiger partial charge in [-0.25, -0.2) is 0 Å². The number of hydrogen-bond donors (Lipinski definition) is 0. The van der Waals surface area contributed by atoms with Crippen molar-refractivity contribution in [1.29, 1.82) is 0 Å². The number of hydrogen-bond acceptors (Lipinski definition) is 5. The normalized spacial score (nSPS) is 32.7. The molecule has 2 aliphatic rings. The van der Waals surface area contributed by atoms with Crippen LogP contribution < -0.4 is 0 Å². The Morgan fingerprint density at radius 3 is 2.74 bits per heavy atom. The van der Waals surface area contributed by atoms with E-state index in [0.717, 1.165) is 19.4 Å². The van der Waals surface area contributed by atoms with Gasteiger partial charge in [-0.3, -0.25) is 4.79 Å². The second kappa shape index (κ2) is 6.68. The van der Waals surface area contributed by atoms with Gasteiger partial charge in [0.2, 0.25) is 0 Å². The van der Waals surface area contributed by atoms with Crippen LogP contribution in [0, 0.1) is 5.92 Å². The highest BCUT2D eigenvalue weighted by molar-refractivity contribution is 5.65. The fraction of sp³-hybridized carbons (Fsp3) is 0.929. The molecule has 1 saturated carbocycles. The van der Waals surface area contributed by atoms with Gasteiger partial charge in [-0.15, -0.1) is 0 Å². The van der Waals surface area contributed by atoms with E-state index in [4.69, 9.17) is 18.9 Å². The zero-order valence-electron chi connectivity index (χ0n) is 11.9. The molecule has 0 aromatic rings. The summed E-state index contributed by atoms with van der Waals surface area (Å²) < 4.78 is 21.3. The lowest BCUT2D eigenvalue weighted by Crippen LogP contribution is -2.24. The number of fused-ring (bicyclic) bond motifs is 1. The molecule has 0 aromatic heterocycles. The molecule has 0 spiro atoms. The fourth-order valence-electron chi connectivity index (χ4n) is 2.59. The SMILES string of the molecule is CC(=O)OCCOCCOCC1CCC2(C)OC2C1. The molecular formula is C14H24O5. The van der Waals surface area contributed by atoms with Gasteiger partial charge in [0, 0.05) is 13.5 Å². The first-order chi connectivity index (χ1) is 9.10. The van der Waals surface area contributed by atoms with Crippen molar-refractivity contribution in [1.82, 2.24) is 0 Å².